The minimum absolute atomic E-state index is 0.0322. The predicted octanol–water partition coefficient (Wildman–Crippen LogP) is 4.38. The maximum absolute atomic E-state index is 6.83. The summed E-state index contributed by atoms with van der Waals surface area (Å²) in [6.45, 7) is 8.52. The van der Waals surface area contributed by atoms with E-state index in [-0.39, 0.29) is 11.5 Å². The molecule has 2 aliphatic heterocycles. The number of rotatable bonds is 5. The average Bonchev–Trinajstić information content (AvgIpc) is 2.67. The number of halogens is 3. The minimum atomic E-state index is -0.0322. The Morgan fingerprint density at radius 3 is 2.48 bits per heavy atom. The standard InChI is InChI=1S/C23H26Cl3N3O2/c1-5-16-14(6-8-24)22(29-11-23(12-29)7-9-31-23)28-21(27-16)18-19(25)15(13(2)3)10-17(30-4)20(18)26/h5-6,10,13H,7-9,11-12H2,1-4H3/b14-6+,16-5+. The van der Waals surface area contributed by atoms with E-state index in [4.69, 9.17) is 54.2 Å². The Morgan fingerprint density at radius 2 is 1.97 bits per heavy atom. The van der Waals surface area contributed by atoms with Gasteiger partial charge in [0.25, 0.3) is 0 Å². The van der Waals surface area contributed by atoms with Crippen LogP contribution in [-0.4, -0.2) is 48.3 Å². The summed E-state index contributed by atoms with van der Waals surface area (Å²) in [7, 11) is 1.59. The molecule has 2 saturated heterocycles. The van der Waals surface area contributed by atoms with Gasteiger partial charge < -0.3 is 14.4 Å². The molecule has 2 aliphatic rings. The van der Waals surface area contributed by atoms with E-state index in [9.17, 15) is 0 Å². The van der Waals surface area contributed by atoms with Crippen molar-refractivity contribution in [2.24, 2.45) is 0 Å². The van der Waals surface area contributed by atoms with Crippen LogP contribution in [0.5, 0.6) is 5.75 Å². The van der Waals surface area contributed by atoms with Crippen molar-refractivity contribution < 1.29 is 9.47 Å². The first-order chi connectivity index (χ1) is 14.8. The summed E-state index contributed by atoms with van der Waals surface area (Å²) in [6, 6.07) is 1.88. The van der Waals surface area contributed by atoms with E-state index in [1.165, 1.54) is 0 Å². The van der Waals surface area contributed by atoms with Crippen LogP contribution in [0.2, 0.25) is 10.0 Å². The van der Waals surface area contributed by atoms with Gasteiger partial charge in [-0.25, -0.2) is 9.97 Å². The molecular weight excluding hydrogens is 457 g/mol. The molecular formula is C23H26Cl3N3O2. The van der Waals surface area contributed by atoms with Crippen LogP contribution >= 0.6 is 34.8 Å². The molecule has 1 aromatic carbocycles. The zero-order valence-electron chi connectivity index (χ0n) is 18.1. The Morgan fingerprint density at radius 1 is 1.26 bits per heavy atom. The van der Waals surface area contributed by atoms with Gasteiger partial charge in [0.2, 0.25) is 0 Å². The van der Waals surface area contributed by atoms with Crippen molar-refractivity contribution >= 4 is 52.8 Å². The highest BCUT2D eigenvalue weighted by Gasteiger charge is 2.50. The molecule has 4 rings (SSSR count). The van der Waals surface area contributed by atoms with E-state index in [2.05, 4.69) is 18.7 Å². The zero-order chi connectivity index (χ0) is 22.3. The fourth-order valence-electron chi connectivity index (χ4n) is 4.16. The highest BCUT2D eigenvalue weighted by molar-refractivity contribution is 6.40. The van der Waals surface area contributed by atoms with Gasteiger partial charge in [-0.15, -0.1) is 11.6 Å². The van der Waals surface area contributed by atoms with Crippen molar-refractivity contribution in [2.75, 3.05) is 37.6 Å². The minimum Gasteiger partial charge on any atom is -0.495 e. The van der Waals surface area contributed by atoms with Crippen molar-refractivity contribution in [3.63, 3.8) is 0 Å². The third-order valence-electron chi connectivity index (χ3n) is 5.99. The number of methoxy groups -OCH3 is 1. The van der Waals surface area contributed by atoms with Crippen molar-refractivity contribution in [3.8, 4) is 17.1 Å². The van der Waals surface area contributed by atoms with Crippen LogP contribution in [0.4, 0.5) is 5.82 Å². The number of benzene rings is 1. The summed E-state index contributed by atoms with van der Waals surface area (Å²) >= 11 is 19.6. The van der Waals surface area contributed by atoms with Gasteiger partial charge in [0.1, 0.15) is 17.2 Å². The van der Waals surface area contributed by atoms with E-state index in [0.29, 0.717) is 33.1 Å². The maximum Gasteiger partial charge on any atom is 0.165 e. The van der Waals surface area contributed by atoms with Crippen LogP contribution in [0.25, 0.3) is 23.5 Å². The van der Waals surface area contributed by atoms with Crippen LogP contribution in [-0.2, 0) is 4.74 Å². The molecule has 5 nitrogen and oxygen atoms in total. The number of hydrogen-bond donors (Lipinski definition) is 0. The summed E-state index contributed by atoms with van der Waals surface area (Å²) in [6.07, 6.45) is 4.97. The SMILES string of the molecule is C/C=c1/nc(-c2c(Cl)c(OC)cc(C(C)C)c2Cl)nc(N2CC3(CCO3)C2)/c1=C/CCl. The Labute approximate surface area is 197 Å². The molecule has 2 aromatic rings. The average molecular weight is 483 g/mol. The van der Waals surface area contributed by atoms with E-state index in [1.807, 2.05) is 25.1 Å². The fraction of sp³-hybridized carbons (Fsp3) is 0.478. The van der Waals surface area contributed by atoms with Crippen molar-refractivity contribution in [1.82, 2.24) is 9.97 Å². The fourth-order valence-corrected chi connectivity index (χ4v) is 5.12. The number of alkyl halides is 1. The van der Waals surface area contributed by atoms with Gasteiger partial charge in [0, 0.05) is 17.5 Å². The van der Waals surface area contributed by atoms with Gasteiger partial charge in [-0.05, 0) is 24.5 Å². The van der Waals surface area contributed by atoms with Crippen LogP contribution in [0.1, 0.15) is 38.7 Å². The second-order valence-electron chi connectivity index (χ2n) is 8.28. The number of hydrogen-bond acceptors (Lipinski definition) is 5. The van der Waals surface area contributed by atoms with E-state index in [1.54, 1.807) is 7.11 Å². The lowest BCUT2D eigenvalue weighted by atomic mass is 9.86. The highest BCUT2D eigenvalue weighted by atomic mass is 35.5. The lowest BCUT2D eigenvalue weighted by Crippen LogP contribution is -2.69. The van der Waals surface area contributed by atoms with Gasteiger partial charge in [-0.2, -0.15) is 0 Å². The van der Waals surface area contributed by atoms with Crippen molar-refractivity contribution in [2.45, 2.75) is 38.7 Å². The molecule has 0 aliphatic carbocycles. The first-order valence-electron chi connectivity index (χ1n) is 10.4. The van der Waals surface area contributed by atoms with Crippen molar-refractivity contribution in [1.29, 1.82) is 0 Å². The van der Waals surface area contributed by atoms with Gasteiger partial charge in [0.05, 0.1) is 47.8 Å². The highest BCUT2D eigenvalue weighted by Crippen LogP contribution is 2.44. The van der Waals surface area contributed by atoms with Crippen LogP contribution in [0, 0.1) is 0 Å². The molecule has 166 valence electrons. The molecule has 0 N–H and O–H groups in total. The molecule has 0 saturated carbocycles. The zero-order valence-corrected chi connectivity index (χ0v) is 20.4. The summed E-state index contributed by atoms with van der Waals surface area (Å²) in [4.78, 5) is 12.0. The molecule has 0 radical (unpaired) electrons. The quantitative estimate of drug-likeness (QED) is 0.592. The van der Waals surface area contributed by atoms with Crippen LogP contribution in [0.3, 0.4) is 0 Å². The van der Waals surface area contributed by atoms with E-state index >= 15 is 0 Å². The van der Waals surface area contributed by atoms with Gasteiger partial charge >= 0.3 is 0 Å². The molecule has 0 unspecified atom stereocenters. The molecule has 8 heteroatoms. The maximum atomic E-state index is 6.83. The monoisotopic (exact) mass is 481 g/mol. The second-order valence-corrected chi connectivity index (χ2v) is 9.34. The lowest BCUT2D eigenvalue weighted by molar-refractivity contribution is -0.161. The van der Waals surface area contributed by atoms with Crippen LogP contribution < -0.4 is 20.2 Å². The summed E-state index contributed by atoms with van der Waals surface area (Å²) in [5.41, 5.74) is 1.49. The van der Waals surface area contributed by atoms with E-state index < -0.39 is 0 Å². The van der Waals surface area contributed by atoms with Crippen molar-refractivity contribution in [3.05, 3.63) is 32.2 Å². The molecule has 31 heavy (non-hydrogen) atoms. The third kappa shape index (κ3) is 3.91. The Balaban J connectivity index is 1.94. The second kappa shape index (κ2) is 8.78. The summed E-state index contributed by atoms with van der Waals surface area (Å²) in [5.74, 6) is 2.40. The van der Waals surface area contributed by atoms with Gasteiger partial charge in [0.15, 0.2) is 5.82 Å². The molecule has 0 amide bonds. The largest absolute Gasteiger partial charge is 0.495 e. The Kier molecular flexibility index (Phi) is 6.42. The number of ether oxygens (including phenoxy) is 2. The molecule has 1 aromatic heterocycles. The number of anilines is 1. The summed E-state index contributed by atoms with van der Waals surface area (Å²) in [5, 5.41) is 2.65. The first-order valence-corrected chi connectivity index (χ1v) is 11.7. The van der Waals surface area contributed by atoms with Gasteiger partial charge in [-0.1, -0.05) is 49.2 Å². The molecule has 2 fully saturated rings. The lowest BCUT2D eigenvalue weighted by Gasteiger charge is -2.55. The van der Waals surface area contributed by atoms with Crippen LogP contribution in [0.15, 0.2) is 6.07 Å². The predicted molar refractivity (Wildman–Crippen MR) is 128 cm³/mol. The smallest absolute Gasteiger partial charge is 0.165 e. The first kappa shape index (κ1) is 22.7. The third-order valence-corrected chi connectivity index (χ3v) is 6.93. The Hall–Kier alpha value is -1.53. The topological polar surface area (TPSA) is 47.5 Å². The number of aromatic nitrogens is 2. The number of nitrogens with zero attached hydrogens (tertiary/aromatic N) is 3. The summed E-state index contributed by atoms with van der Waals surface area (Å²) < 4.78 is 11.3. The molecule has 3 heterocycles. The Bertz CT molecular complexity index is 1120. The normalized spacial score (nSPS) is 18.5. The molecule has 0 bridgehead atoms. The molecule has 1 spiro atoms. The molecule has 0 atom stereocenters. The van der Waals surface area contributed by atoms with E-state index in [0.717, 1.165) is 48.1 Å². The van der Waals surface area contributed by atoms with Gasteiger partial charge in [-0.3, -0.25) is 0 Å².